The summed E-state index contributed by atoms with van der Waals surface area (Å²) < 4.78 is 40.1. The van der Waals surface area contributed by atoms with Gasteiger partial charge in [-0.15, -0.1) is 0 Å². The Morgan fingerprint density at radius 1 is 1.08 bits per heavy atom. The molecule has 1 saturated heterocycles. The van der Waals surface area contributed by atoms with Crippen LogP contribution in [0.3, 0.4) is 0 Å². The van der Waals surface area contributed by atoms with Gasteiger partial charge in [0, 0.05) is 37.5 Å². The summed E-state index contributed by atoms with van der Waals surface area (Å²) in [5.74, 6) is 0.638. The predicted molar refractivity (Wildman–Crippen MR) is 135 cm³/mol. The normalized spacial score (nSPS) is 24.6. The fraction of sp³-hybridized carbons (Fsp3) is 0.536. The summed E-state index contributed by atoms with van der Waals surface area (Å²) in [5.41, 5.74) is 1.37. The minimum Gasteiger partial charge on any atom is -0.389 e. The summed E-state index contributed by atoms with van der Waals surface area (Å²) in [4.78, 5) is 24.8. The number of nitrogens with zero attached hydrogens (tertiary/aromatic N) is 3. The minimum absolute atomic E-state index is 0.0739. The zero-order valence-electron chi connectivity index (χ0n) is 21.1. The number of nitrogens with one attached hydrogen (secondary N) is 1. The summed E-state index contributed by atoms with van der Waals surface area (Å²) in [7, 11) is 0. The SMILES string of the molecule is CC1CCN(c2nc(C(F)(F)F)ccc2CNC(=O)[C@H]2CC[C@]3(CC2)CC(c2ccccc2)=NO3)CC1. The van der Waals surface area contributed by atoms with E-state index in [2.05, 4.69) is 22.4 Å². The van der Waals surface area contributed by atoms with Crippen molar-refractivity contribution < 1.29 is 22.8 Å². The molecule has 1 aromatic heterocycles. The van der Waals surface area contributed by atoms with E-state index in [0.29, 0.717) is 43.2 Å². The smallest absolute Gasteiger partial charge is 0.389 e. The van der Waals surface area contributed by atoms with Crippen LogP contribution >= 0.6 is 0 Å². The maximum absolute atomic E-state index is 13.4. The van der Waals surface area contributed by atoms with Gasteiger partial charge in [-0.05, 0) is 56.1 Å². The van der Waals surface area contributed by atoms with Gasteiger partial charge in [0.25, 0.3) is 0 Å². The van der Waals surface area contributed by atoms with Gasteiger partial charge in [0.1, 0.15) is 17.1 Å². The van der Waals surface area contributed by atoms with Crippen molar-refractivity contribution in [2.24, 2.45) is 17.0 Å². The number of rotatable bonds is 5. The maximum atomic E-state index is 13.4. The minimum atomic E-state index is -4.51. The van der Waals surface area contributed by atoms with Crippen molar-refractivity contribution in [3.05, 3.63) is 59.3 Å². The molecule has 5 rings (SSSR count). The third-order valence-corrected chi connectivity index (χ3v) is 8.00. The number of benzene rings is 1. The van der Waals surface area contributed by atoms with Crippen molar-refractivity contribution in [1.82, 2.24) is 10.3 Å². The number of oxime groups is 1. The summed E-state index contributed by atoms with van der Waals surface area (Å²) >= 11 is 0. The van der Waals surface area contributed by atoms with Crippen molar-refractivity contribution >= 4 is 17.4 Å². The lowest BCUT2D eigenvalue weighted by Crippen LogP contribution is -2.40. The van der Waals surface area contributed by atoms with E-state index in [1.165, 1.54) is 6.07 Å². The van der Waals surface area contributed by atoms with Crippen molar-refractivity contribution in [2.75, 3.05) is 18.0 Å². The summed E-state index contributed by atoms with van der Waals surface area (Å²) in [6, 6.07) is 12.4. The van der Waals surface area contributed by atoms with E-state index in [4.69, 9.17) is 4.84 Å². The lowest BCUT2D eigenvalue weighted by Gasteiger charge is -2.34. The second-order valence-electron chi connectivity index (χ2n) is 10.7. The van der Waals surface area contributed by atoms with Crippen LogP contribution in [0.5, 0.6) is 0 Å². The number of piperidine rings is 1. The number of halogens is 3. The topological polar surface area (TPSA) is 66.8 Å². The largest absolute Gasteiger partial charge is 0.433 e. The van der Waals surface area contributed by atoms with Crippen molar-refractivity contribution in [2.45, 2.75) is 70.2 Å². The zero-order valence-corrected chi connectivity index (χ0v) is 21.1. The molecule has 198 valence electrons. The Hall–Kier alpha value is -3.10. The zero-order chi connectivity index (χ0) is 26.0. The molecule has 3 heterocycles. The predicted octanol–water partition coefficient (Wildman–Crippen LogP) is 5.71. The number of alkyl halides is 3. The highest BCUT2D eigenvalue weighted by molar-refractivity contribution is 6.01. The Morgan fingerprint density at radius 2 is 1.78 bits per heavy atom. The van der Waals surface area contributed by atoms with Gasteiger partial charge in [0.05, 0.1) is 5.71 Å². The van der Waals surface area contributed by atoms with E-state index < -0.39 is 11.9 Å². The number of carbonyl (C=O) groups excluding carboxylic acids is 1. The van der Waals surface area contributed by atoms with E-state index in [-0.39, 0.29) is 24.0 Å². The standard InChI is InChI=1S/C28H33F3N4O2/c1-19-11-15-35(16-12-19)25-22(7-8-24(33-25)28(29,30)31)18-32-26(36)21-9-13-27(14-10-21)17-23(34-37-27)20-5-3-2-4-6-20/h2-8,19,21H,9-18H2,1H3,(H,32,36)/t21-,27-. The molecule has 1 N–H and O–H groups in total. The van der Waals surface area contributed by atoms with Crippen LogP contribution in [0.2, 0.25) is 0 Å². The number of pyridine rings is 1. The van der Waals surface area contributed by atoms with E-state index in [0.717, 1.165) is 49.4 Å². The molecule has 3 aliphatic rings. The highest BCUT2D eigenvalue weighted by Crippen LogP contribution is 2.41. The summed E-state index contributed by atoms with van der Waals surface area (Å²) in [6.07, 6.45) is 0.895. The first-order chi connectivity index (χ1) is 17.7. The molecule has 1 aromatic carbocycles. The Morgan fingerprint density at radius 3 is 2.46 bits per heavy atom. The molecule has 6 nitrogen and oxygen atoms in total. The Bertz CT molecular complexity index is 1140. The Labute approximate surface area is 215 Å². The molecule has 2 aliphatic heterocycles. The number of carbonyl (C=O) groups is 1. The second-order valence-corrected chi connectivity index (χ2v) is 10.7. The van der Waals surface area contributed by atoms with Gasteiger partial charge in [-0.25, -0.2) is 4.98 Å². The van der Waals surface area contributed by atoms with E-state index in [1.54, 1.807) is 0 Å². The number of amides is 1. The fourth-order valence-corrected chi connectivity index (χ4v) is 5.58. The Kier molecular flexibility index (Phi) is 7.14. The number of aromatic nitrogens is 1. The van der Waals surface area contributed by atoms with Crippen LogP contribution in [0, 0.1) is 11.8 Å². The molecule has 9 heteroatoms. The van der Waals surface area contributed by atoms with Gasteiger partial charge in [0.2, 0.25) is 5.91 Å². The first-order valence-corrected chi connectivity index (χ1v) is 13.1. The van der Waals surface area contributed by atoms with Crippen LogP contribution in [0.25, 0.3) is 0 Å². The number of hydrogen-bond donors (Lipinski definition) is 1. The van der Waals surface area contributed by atoms with Crippen molar-refractivity contribution in [3.63, 3.8) is 0 Å². The average Bonchev–Trinajstić information content (AvgIpc) is 3.31. The molecule has 1 amide bonds. The van der Waals surface area contributed by atoms with Crippen molar-refractivity contribution in [3.8, 4) is 0 Å². The number of anilines is 1. The van der Waals surface area contributed by atoms with Gasteiger partial charge in [-0.3, -0.25) is 4.79 Å². The molecule has 0 radical (unpaired) electrons. The third kappa shape index (κ3) is 5.75. The van der Waals surface area contributed by atoms with Gasteiger partial charge in [-0.1, -0.05) is 48.5 Å². The van der Waals surface area contributed by atoms with Crippen LogP contribution in [0.4, 0.5) is 19.0 Å². The van der Waals surface area contributed by atoms with E-state index in [1.807, 2.05) is 35.2 Å². The quantitative estimate of drug-likeness (QED) is 0.555. The first kappa shape index (κ1) is 25.5. The van der Waals surface area contributed by atoms with Gasteiger partial charge in [0.15, 0.2) is 0 Å². The summed E-state index contributed by atoms with van der Waals surface area (Å²) in [6.45, 7) is 3.63. The number of hydrogen-bond acceptors (Lipinski definition) is 5. The molecule has 37 heavy (non-hydrogen) atoms. The molecule has 0 atom stereocenters. The van der Waals surface area contributed by atoms with Crippen LogP contribution in [-0.4, -0.2) is 35.3 Å². The van der Waals surface area contributed by atoms with Gasteiger partial charge < -0.3 is 15.1 Å². The maximum Gasteiger partial charge on any atom is 0.433 e. The molecular formula is C28H33F3N4O2. The van der Waals surface area contributed by atoms with Gasteiger partial charge in [-0.2, -0.15) is 13.2 Å². The first-order valence-electron chi connectivity index (χ1n) is 13.1. The van der Waals surface area contributed by atoms with Gasteiger partial charge >= 0.3 is 6.18 Å². The Balaban J connectivity index is 1.19. The monoisotopic (exact) mass is 514 g/mol. The van der Waals surface area contributed by atoms with E-state index in [9.17, 15) is 18.0 Å². The molecule has 1 spiro atoms. The highest BCUT2D eigenvalue weighted by Gasteiger charge is 2.44. The molecule has 2 fully saturated rings. The molecule has 1 aliphatic carbocycles. The molecule has 0 unspecified atom stereocenters. The van der Waals surface area contributed by atoms with Crippen LogP contribution in [-0.2, 0) is 22.4 Å². The highest BCUT2D eigenvalue weighted by atomic mass is 19.4. The van der Waals surface area contributed by atoms with Crippen molar-refractivity contribution in [1.29, 1.82) is 0 Å². The summed E-state index contributed by atoms with van der Waals surface area (Å²) in [5, 5.41) is 7.31. The molecule has 1 saturated carbocycles. The lowest BCUT2D eigenvalue weighted by atomic mass is 9.76. The van der Waals surface area contributed by atoms with Crippen LogP contribution in [0.1, 0.15) is 68.7 Å². The third-order valence-electron chi connectivity index (χ3n) is 8.00. The fourth-order valence-electron chi connectivity index (χ4n) is 5.58. The van der Waals surface area contributed by atoms with Crippen LogP contribution in [0.15, 0.2) is 47.6 Å². The average molecular weight is 515 g/mol. The molecule has 0 bridgehead atoms. The lowest BCUT2D eigenvalue weighted by molar-refractivity contribution is -0.141. The molecular weight excluding hydrogens is 481 g/mol. The van der Waals surface area contributed by atoms with E-state index >= 15 is 0 Å². The second kappa shape index (κ2) is 10.3. The molecule has 2 aromatic rings. The van der Waals surface area contributed by atoms with Crippen LogP contribution < -0.4 is 10.2 Å².